The Morgan fingerprint density at radius 1 is 0.696 bits per heavy atom. The van der Waals surface area contributed by atoms with Gasteiger partial charge in [-0.3, -0.25) is 0 Å². The van der Waals surface area contributed by atoms with Crippen LogP contribution in [0.2, 0.25) is 0 Å². The summed E-state index contributed by atoms with van der Waals surface area (Å²) in [6.07, 6.45) is 0. The molecule has 2 nitrogen and oxygen atoms in total. The summed E-state index contributed by atoms with van der Waals surface area (Å²) in [7, 11) is 0. The minimum atomic E-state index is -2.25. The van der Waals surface area contributed by atoms with Crippen LogP contribution in [-0.2, 0) is 5.41 Å². The average molecular weight is 336 g/mol. The van der Waals surface area contributed by atoms with Crippen LogP contribution in [0.25, 0.3) is 0 Å². The molecule has 8 heteroatoms. The molecule has 0 aliphatic carbocycles. The molecule has 0 fully saturated rings. The van der Waals surface area contributed by atoms with Crippen molar-refractivity contribution in [2.24, 2.45) is 0 Å². The lowest BCUT2D eigenvalue weighted by molar-refractivity contribution is 0.340. The largest absolute Gasteiger partial charge is 0.508 e. The number of phenolic OH excluding ortho intramolecular Hbond substituents is 2. The van der Waals surface area contributed by atoms with Crippen LogP contribution in [0.3, 0.4) is 0 Å². The molecule has 2 aromatic carbocycles. The van der Waals surface area contributed by atoms with Crippen molar-refractivity contribution in [3.63, 3.8) is 0 Å². The summed E-state index contributed by atoms with van der Waals surface area (Å²) < 4.78 is 81.4. The SMILES string of the molecule is CC(C)(c1c(O)ccc(F)c1F)c1c(O)c(F)c(F)c(F)c1F. The number of benzene rings is 2. The number of rotatable bonds is 2. The van der Waals surface area contributed by atoms with Gasteiger partial charge in [-0.05, 0) is 12.1 Å². The van der Waals surface area contributed by atoms with E-state index in [1.165, 1.54) is 0 Å². The molecular formula is C15H10F6O2. The fourth-order valence-electron chi connectivity index (χ4n) is 2.45. The van der Waals surface area contributed by atoms with Gasteiger partial charge in [0.1, 0.15) is 5.75 Å². The van der Waals surface area contributed by atoms with Crippen molar-refractivity contribution in [3.05, 3.63) is 58.2 Å². The van der Waals surface area contributed by atoms with Crippen molar-refractivity contribution in [1.82, 2.24) is 0 Å². The molecule has 0 aromatic heterocycles. The predicted octanol–water partition coefficient (Wildman–Crippen LogP) is 4.26. The fraction of sp³-hybridized carbons (Fsp3) is 0.200. The normalized spacial score (nSPS) is 11.8. The van der Waals surface area contributed by atoms with Crippen molar-refractivity contribution in [2.45, 2.75) is 19.3 Å². The summed E-state index contributed by atoms with van der Waals surface area (Å²) in [6.45, 7) is 1.94. The molecule has 0 bridgehead atoms. The molecule has 0 aliphatic heterocycles. The topological polar surface area (TPSA) is 40.5 Å². The molecule has 0 saturated carbocycles. The van der Waals surface area contributed by atoms with Crippen LogP contribution in [0.1, 0.15) is 25.0 Å². The molecule has 0 heterocycles. The second-order valence-corrected chi connectivity index (χ2v) is 5.36. The highest BCUT2D eigenvalue weighted by molar-refractivity contribution is 5.52. The Morgan fingerprint density at radius 2 is 1.22 bits per heavy atom. The second-order valence-electron chi connectivity index (χ2n) is 5.36. The minimum Gasteiger partial charge on any atom is -0.508 e. The lowest BCUT2D eigenvalue weighted by Gasteiger charge is -2.28. The molecule has 0 atom stereocenters. The zero-order valence-corrected chi connectivity index (χ0v) is 11.8. The van der Waals surface area contributed by atoms with Crippen LogP contribution in [0.5, 0.6) is 11.5 Å². The van der Waals surface area contributed by atoms with Crippen LogP contribution in [0.15, 0.2) is 12.1 Å². The third-order valence-electron chi connectivity index (χ3n) is 3.57. The van der Waals surface area contributed by atoms with E-state index >= 15 is 0 Å². The first-order chi connectivity index (χ1) is 10.5. The monoisotopic (exact) mass is 336 g/mol. The van der Waals surface area contributed by atoms with E-state index in [4.69, 9.17) is 0 Å². The van der Waals surface area contributed by atoms with Gasteiger partial charge >= 0.3 is 0 Å². The van der Waals surface area contributed by atoms with E-state index in [0.717, 1.165) is 19.9 Å². The van der Waals surface area contributed by atoms with Crippen molar-refractivity contribution < 1.29 is 36.6 Å². The molecule has 2 aromatic rings. The van der Waals surface area contributed by atoms with Crippen molar-refractivity contribution in [1.29, 1.82) is 0 Å². The van der Waals surface area contributed by atoms with E-state index in [9.17, 15) is 36.6 Å². The average Bonchev–Trinajstić information content (AvgIpc) is 2.47. The predicted molar refractivity (Wildman–Crippen MR) is 68.1 cm³/mol. The van der Waals surface area contributed by atoms with Crippen molar-refractivity contribution in [3.8, 4) is 11.5 Å². The summed E-state index contributed by atoms with van der Waals surface area (Å²) in [6, 6.07) is 1.34. The quantitative estimate of drug-likeness (QED) is 0.489. The van der Waals surface area contributed by atoms with Gasteiger partial charge in [0.25, 0.3) is 0 Å². The van der Waals surface area contributed by atoms with E-state index in [1.54, 1.807) is 0 Å². The Kier molecular flexibility index (Phi) is 3.96. The summed E-state index contributed by atoms with van der Waals surface area (Å²) in [5, 5.41) is 19.3. The summed E-state index contributed by atoms with van der Waals surface area (Å²) in [4.78, 5) is 0. The van der Waals surface area contributed by atoms with Gasteiger partial charge in [0, 0.05) is 16.5 Å². The molecule has 0 amide bonds. The Morgan fingerprint density at radius 3 is 1.78 bits per heavy atom. The first kappa shape index (κ1) is 17.0. The minimum absolute atomic E-state index is 0.590. The summed E-state index contributed by atoms with van der Waals surface area (Å²) in [5.74, 6) is -14.0. The molecule has 0 unspecified atom stereocenters. The van der Waals surface area contributed by atoms with Crippen molar-refractivity contribution in [2.75, 3.05) is 0 Å². The van der Waals surface area contributed by atoms with Crippen LogP contribution in [-0.4, -0.2) is 10.2 Å². The fourth-order valence-corrected chi connectivity index (χ4v) is 2.45. The van der Waals surface area contributed by atoms with E-state index < -0.39 is 62.9 Å². The zero-order chi connectivity index (χ0) is 17.7. The van der Waals surface area contributed by atoms with Gasteiger partial charge in [-0.15, -0.1) is 0 Å². The van der Waals surface area contributed by atoms with Crippen LogP contribution in [0, 0.1) is 34.9 Å². The van der Waals surface area contributed by atoms with Crippen LogP contribution < -0.4 is 0 Å². The summed E-state index contributed by atoms with van der Waals surface area (Å²) >= 11 is 0. The smallest absolute Gasteiger partial charge is 0.203 e. The molecule has 0 radical (unpaired) electrons. The highest BCUT2D eigenvalue weighted by atomic mass is 19.2. The molecular weight excluding hydrogens is 326 g/mol. The third-order valence-corrected chi connectivity index (χ3v) is 3.57. The first-order valence-corrected chi connectivity index (χ1v) is 6.24. The maximum Gasteiger partial charge on any atom is 0.203 e. The number of aromatic hydroxyl groups is 2. The highest BCUT2D eigenvalue weighted by Gasteiger charge is 2.39. The first-order valence-electron chi connectivity index (χ1n) is 6.24. The van der Waals surface area contributed by atoms with Gasteiger partial charge in [-0.1, -0.05) is 13.8 Å². The number of halogens is 6. The lowest BCUT2D eigenvalue weighted by atomic mass is 9.76. The van der Waals surface area contributed by atoms with Gasteiger partial charge in [-0.2, -0.15) is 4.39 Å². The van der Waals surface area contributed by atoms with Gasteiger partial charge in [0.2, 0.25) is 11.6 Å². The lowest BCUT2D eigenvalue weighted by Crippen LogP contribution is -2.25. The van der Waals surface area contributed by atoms with E-state index in [2.05, 4.69) is 0 Å². The molecule has 0 saturated heterocycles. The zero-order valence-electron chi connectivity index (χ0n) is 11.8. The van der Waals surface area contributed by atoms with Gasteiger partial charge < -0.3 is 10.2 Å². The number of hydrogen-bond acceptors (Lipinski definition) is 2. The van der Waals surface area contributed by atoms with E-state index in [0.29, 0.717) is 6.07 Å². The molecule has 0 aliphatic rings. The van der Waals surface area contributed by atoms with Crippen LogP contribution >= 0.6 is 0 Å². The molecule has 0 spiro atoms. The molecule has 2 rings (SSSR count). The second kappa shape index (κ2) is 5.36. The Balaban J connectivity index is 2.89. The van der Waals surface area contributed by atoms with E-state index in [-0.39, 0.29) is 0 Å². The van der Waals surface area contributed by atoms with E-state index in [1.807, 2.05) is 0 Å². The Labute approximate surface area is 126 Å². The standard InChI is InChI=1S/C15H10F6O2/c1-15(2,7-6(22)4-3-5(16)9(7)17)8-10(18)11(19)12(20)13(21)14(8)23/h3-4,22-23H,1-2H3. The molecule has 2 N–H and O–H groups in total. The number of phenols is 2. The van der Waals surface area contributed by atoms with Crippen LogP contribution in [0.4, 0.5) is 26.3 Å². The molecule has 23 heavy (non-hydrogen) atoms. The molecule has 124 valence electrons. The van der Waals surface area contributed by atoms with Crippen molar-refractivity contribution >= 4 is 0 Å². The maximum atomic E-state index is 14.0. The van der Waals surface area contributed by atoms with Gasteiger partial charge in [0.15, 0.2) is 29.0 Å². The number of hydrogen-bond donors (Lipinski definition) is 2. The maximum absolute atomic E-state index is 14.0. The Bertz CT molecular complexity index is 772. The third kappa shape index (κ3) is 2.38. The summed E-state index contributed by atoms with van der Waals surface area (Å²) in [5.41, 5.74) is -4.13. The Hall–Kier alpha value is -2.38. The van der Waals surface area contributed by atoms with Gasteiger partial charge in [-0.25, -0.2) is 22.0 Å². The highest BCUT2D eigenvalue weighted by Crippen LogP contribution is 2.45. The van der Waals surface area contributed by atoms with Gasteiger partial charge in [0.05, 0.1) is 0 Å².